The molecule has 7 nitrogen and oxygen atoms in total. The summed E-state index contributed by atoms with van der Waals surface area (Å²) in [6, 6.07) is 2.04. The van der Waals surface area contributed by atoms with Gasteiger partial charge in [-0.05, 0) is 38.7 Å². The Morgan fingerprint density at radius 1 is 1.26 bits per heavy atom. The number of hydrogen-bond acceptors (Lipinski definition) is 4. The number of nitrogens with one attached hydrogen (secondary N) is 2. The van der Waals surface area contributed by atoms with Gasteiger partial charge in [-0.25, -0.2) is 0 Å². The molecule has 2 heterocycles. The van der Waals surface area contributed by atoms with Crippen molar-refractivity contribution in [3.05, 3.63) is 34.5 Å². The van der Waals surface area contributed by atoms with Crippen molar-refractivity contribution in [3.8, 4) is 0 Å². The van der Waals surface area contributed by atoms with Crippen LogP contribution in [-0.4, -0.2) is 34.5 Å². The summed E-state index contributed by atoms with van der Waals surface area (Å²) < 4.78 is 7.38. The van der Waals surface area contributed by atoms with E-state index in [2.05, 4.69) is 53.6 Å². The summed E-state index contributed by atoms with van der Waals surface area (Å²) in [7, 11) is 3.75. The number of aryl methyl sites for hydroxylation is 2. The summed E-state index contributed by atoms with van der Waals surface area (Å²) in [6.07, 6.45) is 3.06. The zero-order chi connectivity index (χ0) is 19.1. The van der Waals surface area contributed by atoms with Gasteiger partial charge in [-0.3, -0.25) is 9.67 Å². The quantitative estimate of drug-likeness (QED) is 0.338. The highest BCUT2D eigenvalue weighted by atomic mass is 127. The van der Waals surface area contributed by atoms with Gasteiger partial charge in [-0.1, -0.05) is 19.0 Å². The molecule has 0 fully saturated rings. The van der Waals surface area contributed by atoms with Crippen LogP contribution in [0.2, 0.25) is 0 Å². The van der Waals surface area contributed by atoms with Gasteiger partial charge in [-0.15, -0.1) is 24.0 Å². The van der Waals surface area contributed by atoms with Gasteiger partial charge in [0, 0.05) is 38.3 Å². The first-order valence-corrected chi connectivity index (χ1v) is 9.39. The molecule has 0 aliphatic rings. The van der Waals surface area contributed by atoms with Crippen molar-refractivity contribution in [1.29, 1.82) is 0 Å². The number of aliphatic imine (C=N–C) groups is 1. The van der Waals surface area contributed by atoms with Crippen LogP contribution in [0.4, 0.5) is 0 Å². The molecule has 0 radical (unpaired) electrons. The van der Waals surface area contributed by atoms with Gasteiger partial charge in [0.1, 0.15) is 0 Å². The number of guanidine groups is 1. The molecule has 8 heteroatoms. The van der Waals surface area contributed by atoms with Crippen LogP contribution in [0.25, 0.3) is 0 Å². The van der Waals surface area contributed by atoms with Crippen molar-refractivity contribution < 1.29 is 4.52 Å². The molecule has 0 amide bonds. The number of nitrogens with zero attached hydrogens (tertiary/aromatic N) is 4. The Labute approximate surface area is 179 Å². The van der Waals surface area contributed by atoms with E-state index in [-0.39, 0.29) is 24.0 Å². The lowest BCUT2D eigenvalue weighted by molar-refractivity contribution is 0.368. The lowest BCUT2D eigenvalue weighted by Gasteiger charge is -2.11. The van der Waals surface area contributed by atoms with Crippen LogP contribution in [0.1, 0.15) is 61.0 Å². The van der Waals surface area contributed by atoms with Crippen LogP contribution in [0.15, 0.2) is 15.6 Å². The van der Waals surface area contributed by atoms with Crippen molar-refractivity contribution in [1.82, 2.24) is 25.6 Å². The van der Waals surface area contributed by atoms with Gasteiger partial charge >= 0.3 is 0 Å². The molecule has 2 aromatic heterocycles. The third kappa shape index (κ3) is 6.22. The third-order valence-corrected chi connectivity index (χ3v) is 4.96. The summed E-state index contributed by atoms with van der Waals surface area (Å²) >= 11 is 0. The maximum atomic E-state index is 5.45. The SMILES string of the molecule is CCC(CC)c1cc(CNC(=NC)NCCc2c(C)nn(C)c2C)on1.I. The van der Waals surface area contributed by atoms with E-state index in [9.17, 15) is 0 Å². The van der Waals surface area contributed by atoms with Crippen LogP contribution < -0.4 is 10.6 Å². The topological polar surface area (TPSA) is 80.3 Å². The highest BCUT2D eigenvalue weighted by Gasteiger charge is 2.13. The van der Waals surface area contributed by atoms with E-state index in [4.69, 9.17) is 4.52 Å². The smallest absolute Gasteiger partial charge is 0.191 e. The molecular weight excluding hydrogens is 455 g/mol. The summed E-state index contributed by atoms with van der Waals surface area (Å²) in [5.74, 6) is 2.05. The van der Waals surface area contributed by atoms with Crippen LogP contribution in [0, 0.1) is 13.8 Å². The van der Waals surface area contributed by atoms with E-state index < -0.39 is 0 Å². The fourth-order valence-corrected chi connectivity index (χ4v) is 3.19. The Morgan fingerprint density at radius 3 is 2.52 bits per heavy atom. The van der Waals surface area contributed by atoms with Gasteiger partial charge in [0.05, 0.1) is 17.9 Å². The highest BCUT2D eigenvalue weighted by Crippen LogP contribution is 2.22. The second-order valence-electron chi connectivity index (χ2n) is 6.61. The van der Waals surface area contributed by atoms with Crippen LogP contribution in [-0.2, 0) is 20.0 Å². The Bertz CT molecular complexity index is 733. The first kappa shape index (κ1) is 23.5. The maximum Gasteiger partial charge on any atom is 0.191 e. The standard InChI is InChI=1S/C19H32N6O.HI/c1-7-15(8-2)18-11-16(26-24-18)12-22-19(20-5)21-10-9-17-13(3)23-25(6)14(17)4;/h11,15H,7-10,12H2,1-6H3,(H2,20,21,22);1H. The molecule has 0 bridgehead atoms. The summed E-state index contributed by atoms with van der Waals surface area (Å²) in [5, 5.41) is 15.3. The largest absolute Gasteiger partial charge is 0.359 e. The predicted molar refractivity (Wildman–Crippen MR) is 120 cm³/mol. The Balaban J connectivity index is 0.00000364. The van der Waals surface area contributed by atoms with Gasteiger partial charge in [0.15, 0.2) is 11.7 Å². The van der Waals surface area contributed by atoms with Gasteiger partial charge in [0.25, 0.3) is 0 Å². The van der Waals surface area contributed by atoms with E-state index in [1.165, 1.54) is 11.3 Å². The van der Waals surface area contributed by atoms with Gasteiger partial charge < -0.3 is 15.2 Å². The normalized spacial score (nSPS) is 11.6. The average molecular weight is 488 g/mol. The van der Waals surface area contributed by atoms with E-state index in [1.54, 1.807) is 7.05 Å². The molecule has 0 unspecified atom stereocenters. The number of hydrogen-bond donors (Lipinski definition) is 2. The molecule has 0 aliphatic heterocycles. The summed E-state index contributed by atoms with van der Waals surface area (Å²) in [4.78, 5) is 4.27. The molecule has 2 aromatic rings. The minimum atomic E-state index is 0. The van der Waals surface area contributed by atoms with E-state index in [0.717, 1.165) is 48.9 Å². The number of aromatic nitrogens is 3. The number of rotatable bonds is 8. The Hall–Kier alpha value is -1.58. The molecule has 2 N–H and O–H groups in total. The third-order valence-electron chi connectivity index (χ3n) is 4.96. The van der Waals surface area contributed by atoms with E-state index >= 15 is 0 Å². The number of halogens is 1. The molecule has 0 saturated carbocycles. The van der Waals surface area contributed by atoms with Crippen molar-refractivity contribution in [2.45, 2.75) is 59.4 Å². The molecule has 27 heavy (non-hydrogen) atoms. The Morgan fingerprint density at radius 2 is 1.96 bits per heavy atom. The molecule has 0 aliphatic carbocycles. The second-order valence-corrected chi connectivity index (χ2v) is 6.61. The van der Waals surface area contributed by atoms with Crippen molar-refractivity contribution in [2.24, 2.45) is 12.0 Å². The average Bonchev–Trinajstić information content (AvgIpc) is 3.18. The lowest BCUT2D eigenvalue weighted by atomic mass is 9.99. The Kier molecular flexibility index (Phi) is 9.82. The molecule has 0 saturated heterocycles. The second kappa shape index (κ2) is 11.3. The zero-order valence-electron chi connectivity index (χ0n) is 17.3. The molecule has 2 rings (SSSR count). The molecule has 152 valence electrons. The molecule has 0 spiro atoms. The van der Waals surface area contributed by atoms with E-state index in [0.29, 0.717) is 12.5 Å². The van der Waals surface area contributed by atoms with Crippen molar-refractivity contribution in [2.75, 3.05) is 13.6 Å². The zero-order valence-corrected chi connectivity index (χ0v) is 19.6. The molecule has 0 aromatic carbocycles. The molecular formula is C19H33IN6O. The maximum absolute atomic E-state index is 5.45. The van der Waals surface area contributed by atoms with Crippen molar-refractivity contribution >= 4 is 29.9 Å². The predicted octanol–water partition coefficient (Wildman–Crippen LogP) is 3.45. The van der Waals surface area contributed by atoms with Crippen molar-refractivity contribution in [3.63, 3.8) is 0 Å². The monoisotopic (exact) mass is 488 g/mol. The van der Waals surface area contributed by atoms with Crippen LogP contribution >= 0.6 is 24.0 Å². The van der Waals surface area contributed by atoms with Crippen LogP contribution in [0.3, 0.4) is 0 Å². The molecule has 0 atom stereocenters. The fraction of sp³-hybridized carbons (Fsp3) is 0.632. The minimum absolute atomic E-state index is 0. The summed E-state index contributed by atoms with van der Waals surface area (Å²) in [5.41, 5.74) is 4.63. The van der Waals surface area contributed by atoms with Crippen LogP contribution in [0.5, 0.6) is 0 Å². The highest BCUT2D eigenvalue weighted by molar-refractivity contribution is 14.0. The lowest BCUT2D eigenvalue weighted by Crippen LogP contribution is -2.37. The first-order valence-electron chi connectivity index (χ1n) is 9.39. The fourth-order valence-electron chi connectivity index (χ4n) is 3.19. The first-order chi connectivity index (χ1) is 12.5. The van der Waals surface area contributed by atoms with Gasteiger partial charge in [0.2, 0.25) is 0 Å². The minimum Gasteiger partial charge on any atom is -0.359 e. The van der Waals surface area contributed by atoms with E-state index in [1.807, 2.05) is 17.8 Å². The summed E-state index contributed by atoms with van der Waals surface area (Å²) in [6.45, 7) is 9.87. The van der Waals surface area contributed by atoms with Gasteiger partial charge in [-0.2, -0.15) is 5.10 Å².